The van der Waals surface area contributed by atoms with Crippen molar-refractivity contribution in [2.24, 2.45) is 0 Å². The highest BCUT2D eigenvalue weighted by Gasteiger charge is 2.15. The van der Waals surface area contributed by atoms with Crippen molar-refractivity contribution in [3.8, 4) is 11.8 Å². The van der Waals surface area contributed by atoms with Crippen molar-refractivity contribution < 1.29 is 4.79 Å². The van der Waals surface area contributed by atoms with Crippen molar-refractivity contribution in [1.29, 1.82) is 5.26 Å². The summed E-state index contributed by atoms with van der Waals surface area (Å²) >= 11 is 7.47. The largest absolute Gasteiger partial charge is 0.318 e. The molecule has 1 aromatic carbocycles. The van der Waals surface area contributed by atoms with Crippen LogP contribution in [0.15, 0.2) is 41.4 Å². The molecular weight excluding hydrogens is 380 g/mol. The molecule has 0 radical (unpaired) electrons. The van der Waals surface area contributed by atoms with Crippen LogP contribution in [0.5, 0.6) is 0 Å². The van der Waals surface area contributed by atoms with Crippen LogP contribution in [0.2, 0.25) is 5.02 Å². The molecule has 0 aliphatic heterocycles. The summed E-state index contributed by atoms with van der Waals surface area (Å²) in [6, 6.07) is 9.65. The van der Waals surface area contributed by atoms with Gasteiger partial charge in [0.05, 0.1) is 0 Å². The summed E-state index contributed by atoms with van der Waals surface area (Å²) in [5.41, 5.74) is 4.79. The predicted molar refractivity (Wildman–Crippen MR) is 109 cm³/mol. The first-order chi connectivity index (χ1) is 12.9. The first-order valence-electron chi connectivity index (χ1n) is 8.19. The minimum absolute atomic E-state index is 0.0215. The number of carbonyl (C=O) groups excluding carboxylic acids is 1. The molecule has 7 heteroatoms. The van der Waals surface area contributed by atoms with Crippen LogP contribution in [0.4, 0.5) is 5.13 Å². The number of nitrogens with one attached hydrogen (secondary N) is 1. The highest BCUT2D eigenvalue weighted by Crippen LogP contribution is 2.27. The average molecular weight is 397 g/mol. The maximum Gasteiger partial charge on any atom is 0.268 e. The monoisotopic (exact) mass is 396 g/mol. The molecule has 136 valence electrons. The van der Waals surface area contributed by atoms with Crippen molar-refractivity contribution in [3.63, 3.8) is 0 Å². The number of rotatable bonds is 4. The lowest BCUT2D eigenvalue weighted by molar-refractivity contribution is -0.112. The van der Waals surface area contributed by atoms with Crippen molar-refractivity contribution >= 4 is 40.1 Å². The minimum atomic E-state index is -0.476. The van der Waals surface area contributed by atoms with E-state index < -0.39 is 5.91 Å². The van der Waals surface area contributed by atoms with Gasteiger partial charge in [-0.15, -0.1) is 11.3 Å². The van der Waals surface area contributed by atoms with Gasteiger partial charge >= 0.3 is 0 Å². The van der Waals surface area contributed by atoms with Crippen LogP contribution in [-0.2, 0) is 4.79 Å². The maximum atomic E-state index is 12.4. The fourth-order valence-corrected chi connectivity index (χ4v) is 3.57. The third-order valence-electron chi connectivity index (χ3n) is 4.20. The fourth-order valence-electron chi connectivity index (χ4n) is 2.88. The summed E-state index contributed by atoms with van der Waals surface area (Å²) in [5.74, 6) is -0.476. The molecule has 2 aromatic heterocycles. The molecule has 0 spiro atoms. The van der Waals surface area contributed by atoms with Gasteiger partial charge in [-0.1, -0.05) is 17.7 Å². The molecular formula is C20H17ClN4OS. The number of nitrogens with zero attached hydrogens (tertiary/aromatic N) is 3. The van der Waals surface area contributed by atoms with Gasteiger partial charge in [-0.05, 0) is 56.2 Å². The van der Waals surface area contributed by atoms with E-state index in [1.165, 1.54) is 11.3 Å². The van der Waals surface area contributed by atoms with E-state index in [-0.39, 0.29) is 5.57 Å². The van der Waals surface area contributed by atoms with Gasteiger partial charge in [-0.25, -0.2) is 4.98 Å². The molecule has 0 atom stereocenters. The smallest absolute Gasteiger partial charge is 0.268 e. The maximum absolute atomic E-state index is 12.4. The lowest BCUT2D eigenvalue weighted by atomic mass is 10.1. The fraction of sp³-hybridized carbons (Fsp3) is 0.150. The minimum Gasteiger partial charge on any atom is -0.318 e. The summed E-state index contributed by atoms with van der Waals surface area (Å²) in [6.07, 6.45) is 3.19. The number of aromatic nitrogens is 2. The van der Waals surface area contributed by atoms with E-state index in [2.05, 4.69) is 14.9 Å². The Morgan fingerprint density at radius 1 is 1.33 bits per heavy atom. The van der Waals surface area contributed by atoms with Gasteiger partial charge in [-0.3, -0.25) is 10.1 Å². The predicted octanol–water partition coefficient (Wildman–Crippen LogP) is 5.06. The SMILES string of the molecule is Cc1ccc(Cl)cc1-n1c(C)cc(/C=C(/C#N)C(=O)Nc2nccs2)c1C. The van der Waals surface area contributed by atoms with E-state index >= 15 is 0 Å². The zero-order valence-electron chi connectivity index (χ0n) is 15.1. The number of nitriles is 1. The van der Waals surface area contributed by atoms with Gasteiger partial charge in [0.25, 0.3) is 5.91 Å². The number of aryl methyl sites for hydroxylation is 2. The Bertz CT molecular complexity index is 1070. The Morgan fingerprint density at radius 2 is 2.11 bits per heavy atom. The Hall–Kier alpha value is -2.88. The van der Waals surface area contributed by atoms with E-state index in [1.54, 1.807) is 17.7 Å². The molecule has 0 fully saturated rings. The molecule has 1 N–H and O–H groups in total. The van der Waals surface area contributed by atoms with Crippen LogP contribution < -0.4 is 5.32 Å². The lowest BCUT2D eigenvalue weighted by Crippen LogP contribution is -2.13. The highest BCUT2D eigenvalue weighted by molar-refractivity contribution is 7.13. The van der Waals surface area contributed by atoms with Gasteiger partial charge in [0.2, 0.25) is 0 Å². The van der Waals surface area contributed by atoms with Gasteiger partial charge < -0.3 is 4.57 Å². The topological polar surface area (TPSA) is 70.7 Å². The zero-order valence-corrected chi connectivity index (χ0v) is 16.6. The number of benzene rings is 1. The summed E-state index contributed by atoms with van der Waals surface area (Å²) in [7, 11) is 0. The molecule has 3 aromatic rings. The van der Waals surface area contributed by atoms with Gasteiger partial charge in [0.15, 0.2) is 5.13 Å². The molecule has 2 heterocycles. The molecule has 0 aliphatic rings. The third-order valence-corrected chi connectivity index (χ3v) is 5.12. The number of thiazole rings is 1. The number of anilines is 1. The normalized spacial score (nSPS) is 11.3. The average Bonchev–Trinajstić information content (AvgIpc) is 3.23. The first-order valence-corrected chi connectivity index (χ1v) is 9.44. The Kier molecular flexibility index (Phi) is 5.45. The Balaban J connectivity index is 2.00. The molecule has 3 rings (SSSR count). The molecule has 0 unspecified atom stereocenters. The second kappa shape index (κ2) is 7.78. The second-order valence-corrected chi connectivity index (χ2v) is 7.38. The number of carbonyl (C=O) groups is 1. The van der Waals surface area contributed by atoms with Crippen molar-refractivity contribution in [2.45, 2.75) is 20.8 Å². The number of halogens is 1. The van der Waals surface area contributed by atoms with Crippen molar-refractivity contribution in [3.05, 3.63) is 69.0 Å². The Labute approximate surface area is 166 Å². The molecule has 0 saturated heterocycles. The Morgan fingerprint density at radius 3 is 2.78 bits per heavy atom. The quantitative estimate of drug-likeness (QED) is 0.495. The number of hydrogen-bond acceptors (Lipinski definition) is 4. The summed E-state index contributed by atoms with van der Waals surface area (Å²) in [5, 5.41) is 14.9. The van der Waals surface area contributed by atoms with E-state index in [9.17, 15) is 10.1 Å². The van der Waals surface area contributed by atoms with Crippen LogP contribution in [0.25, 0.3) is 11.8 Å². The zero-order chi connectivity index (χ0) is 19.6. The van der Waals surface area contributed by atoms with E-state index in [1.807, 2.05) is 51.1 Å². The van der Waals surface area contributed by atoms with Crippen LogP contribution in [-0.4, -0.2) is 15.5 Å². The summed E-state index contributed by atoms with van der Waals surface area (Å²) < 4.78 is 2.07. The van der Waals surface area contributed by atoms with E-state index in [4.69, 9.17) is 11.6 Å². The second-order valence-electron chi connectivity index (χ2n) is 6.05. The van der Waals surface area contributed by atoms with Crippen molar-refractivity contribution in [1.82, 2.24) is 9.55 Å². The van der Waals surface area contributed by atoms with Crippen molar-refractivity contribution in [2.75, 3.05) is 5.32 Å². The van der Waals surface area contributed by atoms with Crippen LogP contribution in [0.3, 0.4) is 0 Å². The first kappa shape index (κ1) is 18.9. The standard InChI is InChI=1S/C20H17ClN4OS/c1-12-4-5-17(21)10-18(12)25-13(2)8-15(14(25)3)9-16(11-22)19(26)24-20-23-6-7-27-20/h4-10H,1-3H3,(H,23,24,26)/b16-9-. The number of hydrogen-bond donors (Lipinski definition) is 1. The molecule has 0 saturated carbocycles. The molecule has 0 bridgehead atoms. The third kappa shape index (κ3) is 3.95. The number of amides is 1. The molecule has 5 nitrogen and oxygen atoms in total. The van der Waals surface area contributed by atoms with Crippen LogP contribution >= 0.6 is 22.9 Å². The van der Waals surface area contributed by atoms with Gasteiger partial charge in [0, 0.05) is 33.7 Å². The van der Waals surface area contributed by atoms with E-state index in [0.717, 1.165) is 28.2 Å². The van der Waals surface area contributed by atoms with E-state index in [0.29, 0.717) is 10.2 Å². The van der Waals surface area contributed by atoms with Gasteiger partial charge in [-0.2, -0.15) is 5.26 Å². The lowest BCUT2D eigenvalue weighted by Gasteiger charge is -2.13. The molecule has 0 aliphatic carbocycles. The summed E-state index contributed by atoms with van der Waals surface area (Å²) in [4.78, 5) is 16.4. The highest BCUT2D eigenvalue weighted by atomic mass is 35.5. The molecule has 1 amide bonds. The van der Waals surface area contributed by atoms with Crippen LogP contribution in [0, 0.1) is 32.1 Å². The van der Waals surface area contributed by atoms with Crippen LogP contribution in [0.1, 0.15) is 22.5 Å². The van der Waals surface area contributed by atoms with Gasteiger partial charge in [0.1, 0.15) is 11.6 Å². The molecule has 27 heavy (non-hydrogen) atoms. The summed E-state index contributed by atoms with van der Waals surface area (Å²) in [6.45, 7) is 5.95.